The molecule has 0 unspecified atom stereocenters. The number of imidazole rings is 1. The van der Waals surface area contributed by atoms with Crippen molar-refractivity contribution in [2.24, 2.45) is 12.0 Å². The molecular formula is C18H27N5. The minimum atomic E-state index is 0.569. The summed E-state index contributed by atoms with van der Waals surface area (Å²) in [6, 6.07) is 8.17. The maximum absolute atomic E-state index is 4.74. The van der Waals surface area contributed by atoms with Crippen molar-refractivity contribution in [3.05, 3.63) is 42.7 Å². The molecule has 0 spiro atoms. The van der Waals surface area contributed by atoms with E-state index < -0.39 is 0 Å². The summed E-state index contributed by atoms with van der Waals surface area (Å²) in [5, 5.41) is 3.35. The fourth-order valence-corrected chi connectivity index (χ4v) is 2.53. The van der Waals surface area contributed by atoms with Crippen molar-refractivity contribution < 1.29 is 0 Å². The van der Waals surface area contributed by atoms with Crippen LogP contribution in [0.5, 0.6) is 0 Å². The summed E-state index contributed by atoms with van der Waals surface area (Å²) in [6.07, 6.45) is 4.06. The third-order valence-electron chi connectivity index (χ3n) is 3.85. The number of para-hydroxylation sites is 2. The Morgan fingerprint density at radius 3 is 2.91 bits per heavy atom. The Morgan fingerprint density at radius 2 is 2.22 bits per heavy atom. The van der Waals surface area contributed by atoms with Gasteiger partial charge < -0.3 is 14.8 Å². The Kier molecular flexibility index (Phi) is 6.20. The summed E-state index contributed by atoms with van der Waals surface area (Å²) in [7, 11) is 4.11. The van der Waals surface area contributed by atoms with Crippen LogP contribution >= 0.6 is 0 Å². The number of aliphatic imine (C=N–C) groups is 1. The normalized spacial score (nSPS) is 11.7. The van der Waals surface area contributed by atoms with Gasteiger partial charge in [0.15, 0.2) is 5.96 Å². The number of hydrogen-bond acceptors (Lipinski definition) is 2. The number of benzene rings is 1. The maximum Gasteiger partial charge on any atom is 0.194 e. The molecule has 0 bridgehead atoms. The maximum atomic E-state index is 4.74. The van der Waals surface area contributed by atoms with Gasteiger partial charge in [-0.3, -0.25) is 0 Å². The van der Waals surface area contributed by atoms with Crippen molar-refractivity contribution >= 4 is 17.0 Å². The Bertz CT molecular complexity index is 671. The molecule has 5 nitrogen and oxygen atoms in total. The van der Waals surface area contributed by atoms with E-state index in [0.29, 0.717) is 6.54 Å². The zero-order valence-electron chi connectivity index (χ0n) is 14.4. The summed E-state index contributed by atoms with van der Waals surface area (Å²) >= 11 is 0. The lowest BCUT2D eigenvalue weighted by Crippen LogP contribution is -2.39. The van der Waals surface area contributed by atoms with Crippen LogP contribution in [-0.2, 0) is 13.6 Å². The van der Waals surface area contributed by atoms with Crippen LogP contribution in [0.1, 0.15) is 25.6 Å². The molecule has 0 aliphatic carbocycles. The Labute approximate surface area is 138 Å². The molecule has 23 heavy (non-hydrogen) atoms. The number of unbranched alkanes of at least 4 members (excludes halogenated alkanes) is 1. The molecule has 2 rings (SSSR count). The largest absolute Gasteiger partial charge is 0.357 e. The van der Waals surface area contributed by atoms with Gasteiger partial charge in [-0.1, -0.05) is 18.2 Å². The quantitative estimate of drug-likeness (QED) is 0.370. The molecule has 1 aromatic heterocycles. The van der Waals surface area contributed by atoms with Crippen LogP contribution in [0.2, 0.25) is 0 Å². The van der Waals surface area contributed by atoms with Crippen molar-refractivity contribution in [3.63, 3.8) is 0 Å². The zero-order chi connectivity index (χ0) is 16.7. The lowest BCUT2D eigenvalue weighted by Gasteiger charge is -2.21. The molecule has 0 aliphatic rings. The van der Waals surface area contributed by atoms with Gasteiger partial charge in [0.1, 0.15) is 12.4 Å². The van der Waals surface area contributed by atoms with Gasteiger partial charge in [0.05, 0.1) is 11.0 Å². The first kappa shape index (κ1) is 17.1. The summed E-state index contributed by atoms with van der Waals surface area (Å²) < 4.78 is 2.11. The smallest absolute Gasteiger partial charge is 0.194 e. The second-order valence-electron chi connectivity index (χ2n) is 5.60. The first-order valence-electron chi connectivity index (χ1n) is 8.18. The van der Waals surface area contributed by atoms with Gasteiger partial charge >= 0.3 is 0 Å². The molecular weight excluding hydrogens is 286 g/mol. The zero-order valence-corrected chi connectivity index (χ0v) is 14.4. The van der Waals surface area contributed by atoms with Crippen LogP contribution in [0.3, 0.4) is 0 Å². The fraction of sp³-hybridized carbons (Fsp3) is 0.444. The van der Waals surface area contributed by atoms with E-state index in [1.54, 1.807) is 0 Å². The van der Waals surface area contributed by atoms with Crippen LogP contribution < -0.4 is 5.32 Å². The van der Waals surface area contributed by atoms with Crippen molar-refractivity contribution in [2.75, 3.05) is 20.1 Å². The number of rotatable bonds is 7. The first-order valence-corrected chi connectivity index (χ1v) is 8.18. The van der Waals surface area contributed by atoms with E-state index in [4.69, 9.17) is 4.99 Å². The van der Waals surface area contributed by atoms with Gasteiger partial charge in [-0.05, 0) is 31.9 Å². The molecule has 1 heterocycles. The molecule has 0 amide bonds. The van der Waals surface area contributed by atoms with Crippen LogP contribution in [-0.4, -0.2) is 40.5 Å². The fourth-order valence-electron chi connectivity index (χ4n) is 2.53. The van der Waals surface area contributed by atoms with E-state index in [-0.39, 0.29) is 0 Å². The summed E-state index contributed by atoms with van der Waals surface area (Å²) in [5.41, 5.74) is 2.16. The predicted molar refractivity (Wildman–Crippen MR) is 97.6 cm³/mol. The topological polar surface area (TPSA) is 45.5 Å². The summed E-state index contributed by atoms with van der Waals surface area (Å²) in [4.78, 5) is 11.6. The average Bonchev–Trinajstić information content (AvgIpc) is 2.88. The van der Waals surface area contributed by atoms with E-state index in [9.17, 15) is 0 Å². The molecule has 0 fully saturated rings. The predicted octanol–water partition coefficient (Wildman–Crippen LogP) is 2.94. The SMILES string of the molecule is C=CCCCN(C)C(=NCc1nc2ccccc2n1C)NCC. The monoisotopic (exact) mass is 313 g/mol. The van der Waals surface area contributed by atoms with Crippen molar-refractivity contribution in [1.82, 2.24) is 19.8 Å². The third kappa shape index (κ3) is 4.34. The molecule has 1 N–H and O–H groups in total. The minimum absolute atomic E-state index is 0.569. The molecule has 1 aromatic carbocycles. The number of nitrogens with one attached hydrogen (secondary N) is 1. The van der Waals surface area contributed by atoms with Gasteiger partial charge in [-0.15, -0.1) is 6.58 Å². The van der Waals surface area contributed by atoms with Gasteiger partial charge in [0.25, 0.3) is 0 Å². The van der Waals surface area contributed by atoms with E-state index in [0.717, 1.165) is 48.7 Å². The highest BCUT2D eigenvalue weighted by Gasteiger charge is 2.09. The number of fused-ring (bicyclic) bond motifs is 1. The second kappa shape index (κ2) is 8.36. The lowest BCUT2D eigenvalue weighted by molar-refractivity contribution is 0.469. The minimum Gasteiger partial charge on any atom is -0.357 e. The van der Waals surface area contributed by atoms with Crippen molar-refractivity contribution in [3.8, 4) is 0 Å². The first-order chi connectivity index (χ1) is 11.2. The number of aromatic nitrogens is 2. The average molecular weight is 313 g/mol. The summed E-state index contributed by atoms with van der Waals surface area (Å²) in [6.45, 7) is 8.24. The Balaban J connectivity index is 2.12. The van der Waals surface area contributed by atoms with E-state index in [1.807, 2.05) is 31.3 Å². The van der Waals surface area contributed by atoms with Crippen LogP contribution in [0.15, 0.2) is 41.9 Å². The highest BCUT2D eigenvalue weighted by Crippen LogP contribution is 2.14. The van der Waals surface area contributed by atoms with Crippen LogP contribution in [0.25, 0.3) is 11.0 Å². The molecule has 2 aromatic rings. The molecule has 0 radical (unpaired) electrons. The van der Waals surface area contributed by atoms with E-state index in [1.165, 1.54) is 0 Å². The van der Waals surface area contributed by atoms with Gasteiger partial charge in [-0.25, -0.2) is 9.98 Å². The highest BCUT2D eigenvalue weighted by atomic mass is 15.3. The van der Waals surface area contributed by atoms with Gasteiger partial charge in [0.2, 0.25) is 0 Å². The molecule has 0 saturated heterocycles. The number of allylic oxidation sites excluding steroid dienone is 1. The van der Waals surface area contributed by atoms with Crippen LogP contribution in [0.4, 0.5) is 0 Å². The number of guanidine groups is 1. The number of nitrogens with zero attached hydrogens (tertiary/aromatic N) is 4. The third-order valence-corrected chi connectivity index (χ3v) is 3.85. The van der Waals surface area contributed by atoms with Crippen molar-refractivity contribution in [2.45, 2.75) is 26.3 Å². The molecule has 0 saturated carbocycles. The molecule has 5 heteroatoms. The highest BCUT2D eigenvalue weighted by molar-refractivity contribution is 5.80. The number of aryl methyl sites for hydroxylation is 1. The standard InChI is InChI=1S/C18H27N5/c1-5-7-10-13-22(3)18(19-6-2)20-14-17-21-15-11-8-9-12-16(15)23(17)4/h5,8-9,11-12H,1,6-7,10,13-14H2,2-4H3,(H,19,20). The molecule has 124 valence electrons. The second-order valence-corrected chi connectivity index (χ2v) is 5.60. The molecule has 0 atom stereocenters. The van der Waals surface area contributed by atoms with E-state index >= 15 is 0 Å². The lowest BCUT2D eigenvalue weighted by atomic mass is 10.3. The number of hydrogen-bond donors (Lipinski definition) is 1. The molecule has 0 aliphatic heterocycles. The summed E-state index contributed by atoms with van der Waals surface area (Å²) in [5.74, 6) is 1.89. The van der Waals surface area contributed by atoms with E-state index in [2.05, 4.69) is 46.4 Å². The van der Waals surface area contributed by atoms with Crippen molar-refractivity contribution in [1.29, 1.82) is 0 Å². The Morgan fingerprint density at radius 1 is 1.43 bits per heavy atom. The van der Waals surface area contributed by atoms with Gasteiger partial charge in [-0.2, -0.15) is 0 Å². The Hall–Kier alpha value is -2.30. The van der Waals surface area contributed by atoms with Crippen LogP contribution in [0, 0.1) is 0 Å². The van der Waals surface area contributed by atoms with Gasteiger partial charge in [0, 0.05) is 27.2 Å².